The number of hydrogen-bond donors (Lipinski definition) is 1. The lowest BCUT2D eigenvalue weighted by atomic mass is 10.2. The highest BCUT2D eigenvalue weighted by Gasteiger charge is 2.13. The fraction of sp³-hybridized carbons (Fsp3) is 0.0556. The van der Waals surface area contributed by atoms with Crippen molar-refractivity contribution in [1.29, 1.82) is 0 Å². The molecule has 5 nitrogen and oxygen atoms in total. The van der Waals surface area contributed by atoms with E-state index in [1.165, 1.54) is 18.5 Å². The molecule has 3 rings (SSSR count). The SMILES string of the molecule is CN(c1ccccc1)c1cc(C(=O)Nc2ccccc2F)ncn1. The van der Waals surface area contributed by atoms with Gasteiger partial charge in [-0.25, -0.2) is 14.4 Å². The molecule has 0 unspecified atom stereocenters. The maximum absolute atomic E-state index is 13.6. The highest BCUT2D eigenvalue weighted by atomic mass is 19.1. The van der Waals surface area contributed by atoms with Crippen LogP contribution in [-0.4, -0.2) is 22.9 Å². The van der Waals surface area contributed by atoms with Gasteiger partial charge in [-0.2, -0.15) is 0 Å². The largest absolute Gasteiger partial charge is 0.329 e. The van der Waals surface area contributed by atoms with E-state index in [1.54, 1.807) is 18.2 Å². The molecule has 1 N–H and O–H groups in total. The van der Waals surface area contributed by atoms with Crippen molar-refractivity contribution in [2.45, 2.75) is 0 Å². The lowest BCUT2D eigenvalue weighted by Crippen LogP contribution is -2.17. The van der Waals surface area contributed by atoms with E-state index in [-0.39, 0.29) is 11.4 Å². The van der Waals surface area contributed by atoms with Crippen LogP contribution in [0.15, 0.2) is 67.0 Å². The minimum absolute atomic E-state index is 0.110. The quantitative estimate of drug-likeness (QED) is 0.797. The second-order valence-corrected chi connectivity index (χ2v) is 5.09. The van der Waals surface area contributed by atoms with E-state index in [0.29, 0.717) is 5.82 Å². The zero-order valence-electron chi connectivity index (χ0n) is 13.0. The highest BCUT2D eigenvalue weighted by Crippen LogP contribution is 2.21. The van der Waals surface area contributed by atoms with Crippen LogP contribution in [0.5, 0.6) is 0 Å². The average Bonchev–Trinajstić information content (AvgIpc) is 2.64. The van der Waals surface area contributed by atoms with Gasteiger partial charge in [-0.15, -0.1) is 0 Å². The van der Waals surface area contributed by atoms with Crippen LogP contribution >= 0.6 is 0 Å². The normalized spacial score (nSPS) is 10.2. The molecular weight excluding hydrogens is 307 g/mol. The topological polar surface area (TPSA) is 58.1 Å². The summed E-state index contributed by atoms with van der Waals surface area (Å²) in [6.45, 7) is 0. The number of carbonyl (C=O) groups excluding carboxylic acids is 1. The number of rotatable bonds is 4. The Morgan fingerprint density at radius 2 is 1.75 bits per heavy atom. The lowest BCUT2D eigenvalue weighted by Gasteiger charge is -2.18. The van der Waals surface area contributed by atoms with Crippen LogP contribution in [0.2, 0.25) is 0 Å². The predicted molar refractivity (Wildman–Crippen MR) is 90.9 cm³/mol. The first-order valence-corrected chi connectivity index (χ1v) is 7.32. The van der Waals surface area contributed by atoms with Crippen LogP contribution in [0.25, 0.3) is 0 Å². The van der Waals surface area contributed by atoms with Crippen molar-refractivity contribution in [2.75, 3.05) is 17.3 Å². The summed E-state index contributed by atoms with van der Waals surface area (Å²) >= 11 is 0. The van der Waals surface area contributed by atoms with Gasteiger partial charge in [-0.05, 0) is 24.3 Å². The molecule has 0 bridgehead atoms. The molecule has 1 aromatic heterocycles. The van der Waals surface area contributed by atoms with Crippen LogP contribution in [0.3, 0.4) is 0 Å². The Labute approximate surface area is 138 Å². The Hall–Kier alpha value is -3.28. The van der Waals surface area contributed by atoms with Gasteiger partial charge < -0.3 is 10.2 Å². The second-order valence-electron chi connectivity index (χ2n) is 5.09. The van der Waals surface area contributed by atoms with E-state index in [0.717, 1.165) is 5.69 Å². The smallest absolute Gasteiger partial charge is 0.274 e. The first-order chi connectivity index (χ1) is 11.6. The molecular formula is C18H15FN4O. The summed E-state index contributed by atoms with van der Waals surface area (Å²) in [5.41, 5.74) is 1.20. The molecule has 24 heavy (non-hydrogen) atoms. The van der Waals surface area contributed by atoms with E-state index >= 15 is 0 Å². The van der Waals surface area contributed by atoms with Crippen LogP contribution < -0.4 is 10.2 Å². The number of halogens is 1. The molecule has 3 aromatic rings. The third kappa shape index (κ3) is 3.38. The van der Waals surface area contributed by atoms with Crippen molar-refractivity contribution < 1.29 is 9.18 Å². The van der Waals surface area contributed by atoms with Crippen molar-refractivity contribution in [1.82, 2.24) is 9.97 Å². The summed E-state index contributed by atoms with van der Waals surface area (Å²) in [6, 6.07) is 17.2. The summed E-state index contributed by atoms with van der Waals surface area (Å²) in [5.74, 6) is -0.429. The maximum Gasteiger partial charge on any atom is 0.274 e. The van der Waals surface area contributed by atoms with E-state index in [9.17, 15) is 9.18 Å². The van der Waals surface area contributed by atoms with Gasteiger partial charge in [0.15, 0.2) is 0 Å². The van der Waals surface area contributed by atoms with Crippen LogP contribution in [-0.2, 0) is 0 Å². The summed E-state index contributed by atoms with van der Waals surface area (Å²) in [6.07, 6.45) is 1.31. The fourth-order valence-corrected chi connectivity index (χ4v) is 2.19. The minimum Gasteiger partial charge on any atom is -0.329 e. The molecule has 0 fully saturated rings. The zero-order valence-corrected chi connectivity index (χ0v) is 13.0. The standard InChI is InChI=1S/C18H15FN4O/c1-23(13-7-3-2-4-8-13)17-11-16(20-12-21-17)18(24)22-15-10-6-5-9-14(15)19/h2-12H,1H3,(H,22,24). The Bertz CT molecular complexity index is 854. The molecule has 120 valence electrons. The van der Waals surface area contributed by atoms with E-state index in [1.807, 2.05) is 42.3 Å². The van der Waals surface area contributed by atoms with Gasteiger partial charge in [0, 0.05) is 18.8 Å². The van der Waals surface area contributed by atoms with Crippen molar-refractivity contribution in [3.63, 3.8) is 0 Å². The molecule has 0 saturated carbocycles. The van der Waals surface area contributed by atoms with Gasteiger partial charge in [-0.1, -0.05) is 30.3 Å². The third-order valence-electron chi connectivity index (χ3n) is 3.49. The number of para-hydroxylation sites is 2. The summed E-state index contributed by atoms with van der Waals surface area (Å²) in [4.78, 5) is 22.3. The Morgan fingerprint density at radius 1 is 1.04 bits per heavy atom. The highest BCUT2D eigenvalue weighted by molar-refractivity contribution is 6.03. The van der Waals surface area contributed by atoms with E-state index < -0.39 is 11.7 Å². The molecule has 0 aliphatic heterocycles. The van der Waals surface area contributed by atoms with E-state index in [2.05, 4.69) is 15.3 Å². The van der Waals surface area contributed by atoms with Crippen molar-refractivity contribution in [2.24, 2.45) is 0 Å². The first-order valence-electron chi connectivity index (χ1n) is 7.32. The Morgan fingerprint density at radius 3 is 2.50 bits per heavy atom. The monoisotopic (exact) mass is 322 g/mol. The van der Waals surface area contributed by atoms with Crippen molar-refractivity contribution in [3.8, 4) is 0 Å². The van der Waals surface area contributed by atoms with Crippen molar-refractivity contribution >= 4 is 23.1 Å². The van der Waals surface area contributed by atoms with Gasteiger partial charge in [0.25, 0.3) is 5.91 Å². The Kier molecular flexibility index (Phi) is 4.47. The molecule has 0 saturated heterocycles. The van der Waals surface area contributed by atoms with Gasteiger partial charge in [0.2, 0.25) is 0 Å². The minimum atomic E-state index is -0.499. The molecule has 0 aliphatic carbocycles. The fourth-order valence-electron chi connectivity index (χ4n) is 2.19. The lowest BCUT2D eigenvalue weighted by molar-refractivity contribution is 0.102. The molecule has 1 amide bonds. The zero-order chi connectivity index (χ0) is 16.9. The van der Waals surface area contributed by atoms with Crippen LogP contribution in [0.1, 0.15) is 10.5 Å². The molecule has 0 radical (unpaired) electrons. The van der Waals surface area contributed by atoms with Crippen molar-refractivity contribution in [3.05, 3.63) is 78.5 Å². The average molecular weight is 322 g/mol. The molecule has 1 heterocycles. The molecule has 2 aromatic carbocycles. The number of hydrogen-bond acceptors (Lipinski definition) is 4. The molecule has 0 atom stereocenters. The predicted octanol–water partition coefficient (Wildman–Crippen LogP) is 3.64. The molecule has 0 aliphatic rings. The summed E-state index contributed by atoms with van der Waals surface area (Å²) in [7, 11) is 1.84. The van der Waals surface area contributed by atoms with Gasteiger partial charge >= 0.3 is 0 Å². The number of carbonyl (C=O) groups is 1. The number of benzene rings is 2. The number of aromatic nitrogens is 2. The molecule has 6 heteroatoms. The van der Waals surface area contributed by atoms with Gasteiger partial charge in [0.1, 0.15) is 23.7 Å². The number of nitrogens with one attached hydrogen (secondary N) is 1. The van der Waals surface area contributed by atoms with Gasteiger partial charge in [-0.3, -0.25) is 4.79 Å². The number of nitrogens with zero attached hydrogens (tertiary/aromatic N) is 3. The van der Waals surface area contributed by atoms with Crippen LogP contribution in [0.4, 0.5) is 21.6 Å². The Balaban J connectivity index is 1.83. The summed E-state index contributed by atoms with van der Waals surface area (Å²) in [5, 5.41) is 2.51. The second kappa shape index (κ2) is 6.87. The summed E-state index contributed by atoms with van der Waals surface area (Å²) < 4.78 is 13.6. The molecule has 0 spiro atoms. The number of anilines is 3. The van der Waals surface area contributed by atoms with E-state index in [4.69, 9.17) is 0 Å². The van der Waals surface area contributed by atoms with Gasteiger partial charge in [0.05, 0.1) is 5.69 Å². The number of amides is 1. The van der Waals surface area contributed by atoms with Crippen LogP contribution in [0, 0.1) is 5.82 Å². The maximum atomic E-state index is 13.6. The first kappa shape index (κ1) is 15.6. The third-order valence-corrected chi connectivity index (χ3v) is 3.49.